The Kier molecular flexibility index (Phi) is 7.72. The first kappa shape index (κ1) is 23.6. The molecule has 0 saturated carbocycles. The number of hydrogen-bond acceptors (Lipinski definition) is 2. The molecule has 0 spiro atoms. The zero-order chi connectivity index (χ0) is 23.3. The highest BCUT2D eigenvalue weighted by Gasteiger charge is 2.20. The second-order valence-corrected chi connectivity index (χ2v) is 9.01. The summed E-state index contributed by atoms with van der Waals surface area (Å²) in [4.78, 5) is 4.95. The topological polar surface area (TPSA) is 41.6 Å². The van der Waals surface area contributed by atoms with Gasteiger partial charge in [0.15, 0.2) is 0 Å². The monoisotopic (exact) mass is 443 g/mol. The van der Waals surface area contributed by atoms with Crippen LogP contribution in [0.4, 0.5) is 0 Å². The van der Waals surface area contributed by atoms with Gasteiger partial charge in [0.05, 0.1) is 29.2 Å². The van der Waals surface area contributed by atoms with Gasteiger partial charge >= 0.3 is 0 Å². The van der Waals surface area contributed by atoms with E-state index in [9.17, 15) is 5.26 Å². The molecule has 3 nitrogen and oxygen atoms in total. The molecular weight excluding hydrogens is 414 g/mol. The third kappa shape index (κ3) is 5.39. The van der Waals surface area contributed by atoms with E-state index in [4.69, 9.17) is 16.6 Å². The van der Waals surface area contributed by atoms with E-state index >= 15 is 0 Å². The molecule has 1 unspecified atom stereocenters. The van der Waals surface area contributed by atoms with Crippen LogP contribution in [0.15, 0.2) is 77.9 Å². The van der Waals surface area contributed by atoms with E-state index in [-0.39, 0.29) is 5.92 Å². The number of aromatic nitrogens is 2. The average molecular weight is 444 g/mol. The van der Waals surface area contributed by atoms with Crippen LogP contribution in [0.1, 0.15) is 56.1 Å². The molecule has 0 N–H and O–H groups in total. The van der Waals surface area contributed by atoms with Gasteiger partial charge in [-0.25, -0.2) is 4.98 Å². The first-order chi connectivity index (χ1) is 15.3. The van der Waals surface area contributed by atoms with Crippen LogP contribution in [-0.2, 0) is 13.0 Å². The van der Waals surface area contributed by atoms with Crippen LogP contribution in [0.25, 0.3) is 11.0 Å². The van der Waals surface area contributed by atoms with E-state index in [0.29, 0.717) is 23.1 Å². The minimum Gasteiger partial charge on any atom is -0.323 e. The van der Waals surface area contributed by atoms with Crippen molar-refractivity contribution in [1.29, 1.82) is 5.26 Å². The molecule has 0 amide bonds. The van der Waals surface area contributed by atoms with Gasteiger partial charge in [-0.1, -0.05) is 81.4 Å². The Morgan fingerprint density at radius 3 is 2.50 bits per heavy atom. The van der Waals surface area contributed by atoms with Gasteiger partial charge < -0.3 is 4.57 Å². The SMILES string of the molecule is C=C(Cl)/C(=C\C=C/C)Cn1c(C(C)c2ccc(CC(C)C)cc2)nc2cc(C#N)ccc21. The molecule has 0 bridgehead atoms. The number of imidazole rings is 1. The summed E-state index contributed by atoms with van der Waals surface area (Å²) >= 11 is 6.33. The van der Waals surface area contributed by atoms with Gasteiger partial charge in [-0.15, -0.1) is 0 Å². The standard InChI is InChI=1S/C28H30ClN3/c1-6-7-8-25(21(5)29)18-32-27-14-11-23(17-30)16-26(27)31-28(32)20(4)24-12-9-22(10-13-24)15-19(2)3/h6-14,16,19-20H,5,15,18H2,1-4H3/b7-6-,25-8-. The van der Waals surface area contributed by atoms with Gasteiger partial charge in [0.25, 0.3) is 0 Å². The third-order valence-corrected chi connectivity index (χ3v) is 5.83. The molecule has 0 aliphatic heterocycles. The zero-order valence-corrected chi connectivity index (χ0v) is 20.0. The minimum atomic E-state index is 0.0765. The summed E-state index contributed by atoms with van der Waals surface area (Å²) in [6.07, 6.45) is 6.99. The highest BCUT2D eigenvalue weighted by atomic mass is 35.5. The molecule has 3 aromatic rings. The third-order valence-electron chi connectivity index (χ3n) is 5.58. The Morgan fingerprint density at radius 2 is 1.91 bits per heavy atom. The molecule has 3 rings (SSSR count). The summed E-state index contributed by atoms with van der Waals surface area (Å²) in [6, 6.07) is 16.7. The molecule has 1 heterocycles. The van der Waals surface area contributed by atoms with Gasteiger partial charge in [0, 0.05) is 11.0 Å². The lowest BCUT2D eigenvalue weighted by Crippen LogP contribution is -2.10. The number of nitriles is 1. The second kappa shape index (κ2) is 10.5. The normalized spacial score (nSPS) is 13.1. The Bertz CT molecular complexity index is 1200. The van der Waals surface area contributed by atoms with Crippen molar-refractivity contribution in [3.05, 3.63) is 100 Å². The number of nitrogens with zero attached hydrogens (tertiary/aromatic N) is 3. The number of allylic oxidation sites excluding steroid dienone is 5. The van der Waals surface area contributed by atoms with Crippen LogP contribution >= 0.6 is 11.6 Å². The van der Waals surface area contributed by atoms with E-state index in [1.165, 1.54) is 11.1 Å². The number of rotatable bonds is 8. The van der Waals surface area contributed by atoms with Crippen molar-refractivity contribution >= 4 is 22.6 Å². The van der Waals surface area contributed by atoms with Gasteiger partial charge in [-0.2, -0.15) is 5.26 Å². The van der Waals surface area contributed by atoms with Crippen molar-refractivity contribution < 1.29 is 0 Å². The first-order valence-corrected chi connectivity index (χ1v) is 11.4. The predicted octanol–water partition coefficient (Wildman–Crippen LogP) is 7.51. The number of benzene rings is 2. The summed E-state index contributed by atoms with van der Waals surface area (Å²) in [5.41, 5.74) is 5.87. The van der Waals surface area contributed by atoms with E-state index in [0.717, 1.165) is 28.9 Å². The molecule has 0 aliphatic rings. The number of halogens is 1. The average Bonchev–Trinajstić information content (AvgIpc) is 3.13. The molecule has 1 aromatic heterocycles. The fourth-order valence-corrected chi connectivity index (χ4v) is 4.01. The van der Waals surface area contributed by atoms with Crippen LogP contribution in [0, 0.1) is 17.2 Å². The maximum atomic E-state index is 9.33. The van der Waals surface area contributed by atoms with Crippen molar-refractivity contribution in [2.45, 2.75) is 46.6 Å². The summed E-state index contributed by atoms with van der Waals surface area (Å²) in [7, 11) is 0. The van der Waals surface area contributed by atoms with Gasteiger partial charge in [-0.3, -0.25) is 0 Å². The summed E-state index contributed by atoms with van der Waals surface area (Å²) < 4.78 is 2.19. The molecule has 164 valence electrons. The Morgan fingerprint density at radius 1 is 1.19 bits per heavy atom. The van der Waals surface area contributed by atoms with Crippen LogP contribution in [0.3, 0.4) is 0 Å². The maximum absolute atomic E-state index is 9.33. The van der Waals surface area contributed by atoms with Crippen molar-refractivity contribution in [3.63, 3.8) is 0 Å². The van der Waals surface area contributed by atoms with Gasteiger partial charge in [-0.05, 0) is 54.2 Å². The summed E-state index contributed by atoms with van der Waals surface area (Å²) in [5.74, 6) is 1.64. The molecule has 4 heteroatoms. The maximum Gasteiger partial charge on any atom is 0.117 e. The van der Waals surface area contributed by atoms with Crippen molar-refractivity contribution in [2.75, 3.05) is 0 Å². The lowest BCUT2D eigenvalue weighted by molar-refractivity contribution is 0.646. The molecule has 0 fully saturated rings. The predicted molar refractivity (Wildman–Crippen MR) is 135 cm³/mol. The van der Waals surface area contributed by atoms with Crippen LogP contribution in [0.2, 0.25) is 0 Å². The molecule has 0 radical (unpaired) electrons. The summed E-state index contributed by atoms with van der Waals surface area (Å²) in [5, 5.41) is 9.84. The van der Waals surface area contributed by atoms with Crippen LogP contribution in [-0.4, -0.2) is 9.55 Å². The minimum absolute atomic E-state index is 0.0765. The molecular formula is C28H30ClN3. The molecule has 0 saturated heterocycles. The van der Waals surface area contributed by atoms with Gasteiger partial charge in [0.2, 0.25) is 0 Å². The highest BCUT2D eigenvalue weighted by molar-refractivity contribution is 6.31. The molecule has 1 atom stereocenters. The summed E-state index contributed by atoms with van der Waals surface area (Å²) in [6.45, 7) is 13.1. The molecule has 0 aliphatic carbocycles. The van der Waals surface area contributed by atoms with E-state index in [2.05, 4.69) is 62.3 Å². The Hall–Kier alpha value is -3.09. The van der Waals surface area contributed by atoms with Crippen molar-refractivity contribution in [2.24, 2.45) is 5.92 Å². The highest BCUT2D eigenvalue weighted by Crippen LogP contribution is 2.30. The van der Waals surface area contributed by atoms with E-state index in [1.807, 2.05) is 43.4 Å². The number of hydrogen-bond donors (Lipinski definition) is 0. The van der Waals surface area contributed by atoms with Crippen molar-refractivity contribution in [1.82, 2.24) is 9.55 Å². The van der Waals surface area contributed by atoms with Crippen molar-refractivity contribution in [3.8, 4) is 6.07 Å². The van der Waals surface area contributed by atoms with E-state index < -0.39 is 0 Å². The zero-order valence-electron chi connectivity index (χ0n) is 19.3. The van der Waals surface area contributed by atoms with Crippen LogP contribution < -0.4 is 0 Å². The van der Waals surface area contributed by atoms with E-state index in [1.54, 1.807) is 0 Å². The largest absolute Gasteiger partial charge is 0.323 e. The second-order valence-electron chi connectivity index (χ2n) is 8.56. The van der Waals surface area contributed by atoms with Crippen LogP contribution in [0.5, 0.6) is 0 Å². The molecule has 32 heavy (non-hydrogen) atoms. The lowest BCUT2D eigenvalue weighted by Gasteiger charge is -2.17. The first-order valence-electron chi connectivity index (χ1n) is 11.0. The Labute approximate surface area is 196 Å². The number of fused-ring (bicyclic) bond motifs is 1. The Balaban J connectivity index is 2.09. The fraction of sp³-hybridized carbons (Fsp3) is 0.286. The lowest BCUT2D eigenvalue weighted by atomic mass is 9.96. The van der Waals surface area contributed by atoms with Gasteiger partial charge in [0.1, 0.15) is 5.82 Å². The quantitative estimate of drug-likeness (QED) is 0.338. The molecule has 2 aromatic carbocycles. The fourth-order valence-electron chi connectivity index (χ4n) is 3.89. The smallest absolute Gasteiger partial charge is 0.117 e.